The number of carbonyl (C=O) groups is 2. The van der Waals surface area contributed by atoms with Crippen molar-refractivity contribution >= 4 is 23.3 Å². The maximum Gasteiger partial charge on any atom is 0.253 e. The molecule has 0 spiro atoms. The molecule has 2 rings (SSSR count). The number of aromatic nitrogens is 1. The second kappa shape index (κ2) is 7.96. The fourth-order valence-electron chi connectivity index (χ4n) is 2.46. The van der Waals surface area contributed by atoms with E-state index in [2.05, 4.69) is 10.3 Å². The Hall–Kier alpha value is -2.35. The number of nitrogens with one attached hydrogen (secondary N) is 1. The van der Waals surface area contributed by atoms with E-state index >= 15 is 0 Å². The monoisotopic (exact) mass is 336 g/mol. The van der Waals surface area contributed by atoms with Crippen LogP contribution in [0.3, 0.4) is 0 Å². The number of ether oxygens (including phenoxy) is 2. The van der Waals surface area contributed by atoms with Gasteiger partial charge < -0.3 is 24.6 Å². The molecule has 2 heterocycles. The molecule has 1 unspecified atom stereocenters. The number of pyridine rings is 1. The normalized spacial score (nSPS) is 15.8. The van der Waals surface area contributed by atoms with Gasteiger partial charge in [-0.1, -0.05) is 0 Å². The van der Waals surface area contributed by atoms with Gasteiger partial charge in [-0.3, -0.25) is 9.59 Å². The van der Waals surface area contributed by atoms with Crippen LogP contribution in [0, 0.1) is 0 Å². The van der Waals surface area contributed by atoms with Crippen molar-refractivity contribution in [3.05, 3.63) is 12.1 Å². The minimum Gasteiger partial charge on any atom is -0.481 e. The van der Waals surface area contributed by atoms with Crippen molar-refractivity contribution in [2.24, 2.45) is 0 Å². The number of hydrogen-bond donors (Lipinski definition) is 1. The highest BCUT2D eigenvalue weighted by atomic mass is 16.5. The molecule has 132 valence electrons. The van der Waals surface area contributed by atoms with Gasteiger partial charge in [0.05, 0.1) is 12.8 Å². The highest BCUT2D eigenvalue weighted by Gasteiger charge is 2.23. The number of amides is 2. The summed E-state index contributed by atoms with van der Waals surface area (Å²) in [6.45, 7) is 5.77. The molecule has 24 heavy (non-hydrogen) atoms. The summed E-state index contributed by atoms with van der Waals surface area (Å²) < 4.78 is 10.2. The quantitative estimate of drug-likeness (QED) is 0.853. The molecule has 1 aromatic heterocycles. The van der Waals surface area contributed by atoms with Crippen LogP contribution in [-0.2, 0) is 14.3 Å². The first kappa shape index (κ1) is 18.0. The average molecular weight is 336 g/mol. The number of piperazine rings is 1. The van der Waals surface area contributed by atoms with Gasteiger partial charge in [-0.2, -0.15) is 4.98 Å². The molecular formula is C16H24N4O4. The maximum atomic E-state index is 12.1. The van der Waals surface area contributed by atoms with Gasteiger partial charge in [0.15, 0.2) is 5.82 Å². The van der Waals surface area contributed by atoms with E-state index in [0.717, 1.165) is 0 Å². The highest BCUT2D eigenvalue weighted by Crippen LogP contribution is 2.27. The first-order valence-corrected chi connectivity index (χ1v) is 7.85. The summed E-state index contributed by atoms with van der Waals surface area (Å²) in [5.41, 5.74) is 0.598. The lowest BCUT2D eigenvalue weighted by molar-refractivity contribution is -0.129. The molecule has 1 aliphatic heterocycles. The lowest BCUT2D eigenvalue weighted by atomic mass is 10.2. The summed E-state index contributed by atoms with van der Waals surface area (Å²) in [6.07, 6.45) is -0.561. The minimum absolute atomic E-state index is 0.0655. The van der Waals surface area contributed by atoms with Crippen LogP contribution in [0.2, 0.25) is 0 Å². The van der Waals surface area contributed by atoms with Crippen molar-refractivity contribution in [3.63, 3.8) is 0 Å². The van der Waals surface area contributed by atoms with Crippen LogP contribution in [-0.4, -0.2) is 68.2 Å². The zero-order valence-electron chi connectivity index (χ0n) is 14.5. The van der Waals surface area contributed by atoms with Gasteiger partial charge in [0.1, 0.15) is 6.10 Å². The van der Waals surface area contributed by atoms with Crippen LogP contribution in [0.15, 0.2) is 12.1 Å². The van der Waals surface area contributed by atoms with E-state index in [0.29, 0.717) is 43.6 Å². The van der Waals surface area contributed by atoms with Gasteiger partial charge in [0, 0.05) is 46.3 Å². The van der Waals surface area contributed by atoms with Crippen molar-refractivity contribution in [2.75, 3.05) is 50.6 Å². The Morgan fingerprint density at radius 2 is 1.88 bits per heavy atom. The lowest BCUT2D eigenvalue weighted by Gasteiger charge is -2.35. The summed E-state index contributed by atoms with van der Waals surface area (Å²) in [4.78, 5) is 31.9. The Bertz CT molecular complexity index is 600. The molecule has 1 aromatic rings. The number of anilines is 2. The Labute approximate surface area is 141 Å². The molecule has 8 nitrogen and oxygen atoms in total. The van der Waals surface area contributed by atoms with E-state index in [1.54, 1.807) is 38.0 Å². The topological polar surface area (TPSA) is 84.0 Å². The number of carbonyl (C=O) groups excluding carboxylic acids is 2. The van der Waals surface area contributed by atoms with Gasteiger partial charge in [0.25, 0.3) is 5.91 Å². The third-order valence-electron chi connectivity index (χ3n) is 4.06. The average Bonchev–Trinajstić information content (AvgIpc) is 2.61. The van der Waals surface area contributed by atoms with Crippen LogP contribution >= 0.6 is 0 Å². The fourth-order valence-corrected chi connectivity index (χ4v) is 2.46. The third-order valence-corrected chi connectivity index (χ3v) is 4.06. The largest absolute Gasteiger partial charge is 0.481 e. The Kier molecular flexibility index (Phi) is 5.97. The van der Waals surface area contributed by atoms with E-state index in [1.165, 1.54) is 7.11 Å². The van der Waals surface area contributed by atoms with Crippen LogP contribution in [0.5, 0.6) is 5.88 Å². The van der Waals surface area contributed by atoms with E-state index < -0.39 is 6.10 Å². The van der Waals surface area contributed by atoms with Crippen LogP contribution in [0.4, 0.5) is 11.5 Å². The number of hydrogen-bond acceptors (Lipinski definition) is 6. The lowest BCUT2D eigenvalue weighted by Crippen LogP contribution is -2.48. The zero-order valence-corrected chi connectivity index (χ0v) is 14.5. The molecule has 1 atom stereocenters. The first-order valence-electron chi connectivity index (χ1n) is 7.85. The van der Waals surface area contributed by atoms with Gasteiger partial charge in [0.2, 0.25) is 11.8 Å². The van der Waals surface area contributed by atoms with Crippen molar-refractivity contribution in [2.45, 2.75) is 20.0 Å². The first-order chi connectivity index (χ1) is 11.5. The molecule has 2 amide bonds. The molecule has 0 aromatic carbocycles. The second-order valence-electron chi connectivity index (χ2n) is 5.59. The summed E-state index contributed by atoms with van der Waals surface area (Å²) in [5, 5.41) is 2.84. The summed E-state index contributed by atoms with van der Waals surface area (Å²) >= 11 is 0. The smallest absolute Gasteiger partial charge is 0.253 e. The predicted molar refractivity (Wildman–Crippen MR) is 90.4 cm³/mol. The number of nitrogens with zero attached hydrogens (tertiary/aromatic N) is 3. The van der Waals surface area contributed by atoms with Crippen molar-refractivity contribution < 1.29 is 19.1 Å². The molecule has 1 aliphatic rings. The standard InChI is InChI=1S/C16H24N4O4/c1-11(23-3)16(22)17-13-5-6-14(24-4)18-15(13)20-9-7-19(8-10-20)12(2)21/h5-6,11H,7-10H2,1-4H3,(H,17,22). The molecule has 0 bridgehead atoms. The fraction of sp³-hybridized carbons (Fsp3) is 0.562. The van der Waals surface area contributed by atoms with Gasteiger partial charge >= 0.3 is 0 Å². The van der Waals surface area contributed by atoms with E-state index in [-0.39, 0.29) is 11.8 Å². The highest BCUT2D eigenvalue weighted by molar-refractivity contribution is 5.96. The molecular weight excluding hydrogens is 312 g/mol. The number of rotatable bonds is 5. The summed E-state index contributed by atoms with van der Waals surface area (Å²) in [5.74, 6) is 0.926. The van der Waals surface area contributed by atoms with E-state index in [4.69, 9.17) is 9.47 Å². The van der Waals surface area contributed by atoms with Crippen molar-refractivity contribution in [3.8, 4) is 5.88 Å². The predicted octanol–water partition coefficient (Wildman–Crippen LogP) is 0.732. The Balaban J connectivity index is 2.20. The zero-order chi connectivity index (χ0) is 17.7. The van der Waals surface area contributed by atoms with Crippen molar-refractivity contribution in [1.29, 1.82) is 0 Å². The molecule has 0 aliphatic carbocycles. The van der Waals surface area contributed by atoms with E-state index in [1.807, 2.05) is 4.90 Å². The maximum absolute atomic E-state index is 12.1. The van der Waals surface area contributed by atoms with Crippen LogP contribution in [0.1, 0.15) is 13.8 Å². The van der Waals surface area contributed by atoms with E-state index in [9.17, 15) is 9.59 Å². The van der Waals surface area contributed by atoms with Crippen molar-refractivity contribution in [1.82, 2.24) is 9.88 Å². The molecule has 1 fully saturated rings. The van der Waals surface area contributed by atoms with Crippen LogP contribution in [0.25, 0.3) is 0 Å². The van der Waals surface area contributed by atoms with Gasteiger partial charge in [-0.25, -0.2) is 0 Å². The SMILES string of the molecule is COc1ccc(NC(=O)C(C)OC)c(N2CCN(C(C)=O)CC2)n1. The third kappa shape index (κ3) is 4.14. The number of methoxy groups -OCH3 is 2. The molecule has 0 saturated carbocycles. The molecule has 1 saturated heterocycles. The molecule has 0 radical (unpaired) electrons. The van der Waals surface area contributed by atoms with Crippen LogP contribution < -0.4 is 15.0 Å². The Morgan fingerprint density at radius 1 is 1.21 bits per heavy atom. The molecule has 1 N–H and O–H groups in total. The second-order valence-corrected chi connectivity index (χ2v) is 5.59. The Morgan fingerprint density at radius 3 is 2.42 bits per heavy atom. The van der Waals surface area contributed by atoms with Gasteiger partial charge in [-0.05, 0) is 13.0 Å². The summed E-state index contributed by atoms with van der Waals surface area (Å²) in [7, 11) is 3.03. The minimum atomic E-state index is -0.561. The summed E-state index contributed by atoms with van der Waals surface area (Å²) in [6, 6.07) is 3.46. The van der Waals surface area contributed by atoms with Gasteiger partial charge in [-0.15, -0.1) is 0 Å². The molecule has 8 heteroatoms.